The molecule has 0 saturated heterocycles. The summed E-state index contributed by atoms with van der Waals surface area (Å²) in [4.78, 5) is 0. The quantitative estimate of drug-likeness (QED) is 0.642. The summed E-state index contributed by atoms with van der Waals surface area (Å²) in [5.74, 6) is 0.219. The minimum absolute atomic E-state index is 0.203. The lowest BCUT2D eigenvalue weighted by molar-refractivity contribution is 0.177. The Balaban J connectivity index is 2.32. The summed E-state index contributed by atoms with van der Waals surface area (Å²) in [6, 6.07) is 4.84. The average Bonchev–Trinajstić information content (AvgIpc) is 2.87. The highest BCUT2D eigenvalue weighted by Crippen LogP contribution is 2.41. The van der Waals surface area contributed by atoms with E-state index in [0.717, 1.165) is 18.4 Å². The Labute approximate surface area is 70.8 Å². The zero-order valence-electron chi connectivity index (χ0n) is 6.72. The van der Waals surface area contributed by atoms with Gasteiger partial charge >= 0.3 is 0 Å². The van der Waals surface area contributed by atoms with E-state index in [2.05, 4.69) is 0 Å². The molecule has 2 heteroatoms. The van der Waals surface area contributed by atoms with Gasteiger partial charge in [-0.2, -0.15) is 0 Å². The summed E-state index contributed by atoms with van der Waals surface area (Å²) in [6.45, 7) is -0.331. The van der Waals surface area contributed by atoms with Gasteiger partial charge in [-0.15, -0.1) is 0 Å². The molecule has 1 radical (unpaired) electrons. The minimum atomic E-state index is -0.331. The molecule has 1 aliphatic carbocycles. The predicted molar refractivity (Wildman–Crippen MR) is 42.8 cm³/mol. The summed E-state index contributed by atoms with van der Waals surface area (Å²) in [5.41, 5.74) is 1.32. The van der Waals surface area contributed by atoms with Crippen LogP contribution in [0.25, 0.3) is 0 Å². The van der Waals surface area contributed by atoms with Crippen molar-refractivity contribution in [2.45, 2.75) is 25.4 Å². The first kappa shape index (κ1) is 7.74. The third kappa shape index (κ3) is 1.34. The number of rotatable bonds is 2. The summed E-state index contributed by atoms with van der Waals surface area (Å²) < 4.78 is 13.2. The van der Waals surface area contributed by atoms with Crippen LogP contribution in [0.4, 0.5) is 4.39 Å². The third-order valence-electron chi connectivity index (χ3n) is 2.25. The molecule has 0 spiro atoms. The number of benzene rings is 1. The van der Waals surface area contributed by atoms with E-state index in [1.807, 2.05) is 0 Å². The fourth-order valence-corrected chi connectivity index (χ4v) is 1.39. The zero-order chi connectivity index (χ0) is 8.55. The van der Waals surface area contributed by atoms with Crippen LogP contribution in [0.1, 0.15) is 29.9 Å². The maximum atomic E-state index is 13.2. The Morgan fingerprint density at radius 2 is 2.17 bits per heavy atom. The van der Waals surface area contributed by atoms with E-state index in [1.54, 1.807) is 12.1 Å². The first-order chi connectivity index (χ1) is 5.81. The van der Waals surface area contributed by atoms with Gasteiger partial charge < -0.3 is 0 Å². The van der Waals surface area contributed by atoms with Gasteiger partial charge in [-0.1, -0.05) is 12.1 Å². The van der Waals surface area contributed by atoms with Gasteiger partial charge in [0.05, 0.1) is 0 Å². The summed E-state index contributed by atoms with van der Waals surface area (Å²) in [6.07, 6.45) is 2.18. The molecule has 12 heavy (non-hydrogen) atoms. The summed E-state index contributed by atoms with van der Waals surface area (Å²) in [7, 11) is 0. The zero-order valence-corrected chi connectivity index (χ0v) is 6.72. The smallest absolute Gasteiger partial charge is 0.127 e. The molecule has 1 fully saturated rings. The molecule has 0 bridgehead atoms. The number of halogens is 1. The van der Waals surface area contributed by atoms with Gasteiger partial charge in [0, 0.05) is 0 Å². The second-order valence-corrected chi connectivity index (χ2v) is 3.27. The van der Waals surface area contributed by atoms with Gasteiger partial charge in [-0.05, 0) is 36.0 Å². The van der Waals surface area contributed by atoms with Crippen LogP contribution in [-0.2, 0) is 11.7 Å². The van der Waals surface area contributed by atoms with Crippen molar-refractivity contribution < 1.29 is 9.50 Å². The molecule has 1 aliphatic rings. The molecule has 2 rings (SSSR count). The molecule has 0 atom stereocenters. The monoisotopic (exact) mass is 165 g/mol. The second kappa shape index (κ2) is 2.87. The lowest BCUT2D eigenvalue weighted by Gasteiger charge is -2.01. The molecule has 0 N–H and O–H groups in total. The molecule has 0 heterocycles. The normalized spacial score (nSPS) is 16.5. The van der Waals surface area contributed by atoms with Gasteiger partial charge in [0.15, 0.2) is 0 Å². The van der Waals surface area contributed by atoms with Crippen LogP contribution < -0.4 is 0 Å². The highest BCUT2D eigenvalue weighted by molar-refractivity contribution is 5.29. The van der Waals surface area contributed by atoms with Crippen molar-refractivity contribution in [1.82, 2.24) is 0 Å². The van der Waals surface area contributed by atoms with Crippen LogP contribution in [0, 0.1) is 5.82 Å². The van der Waals surface area contributed by atoms with E-state index in [-0.39, 0.29) is 12.4 Å². The predicted octanol–water partition coefficient (Wildman–Crippen LogP) is 2.63. The van der Waals surface area contributed by atoms with Crippen molar-refractivity contribution in [2.24, 2.45) is 0 Å². The molecule has 1 aromatic carbocycles. The van der Waals surface area contributed by atoms with E-state index >= 15 is 0 Å². The van der Waals surface area contributed by atoms with E-state index in [0.29, 0.717) is 11.5 Å². The molecule has 1 nitrogen and oxygen atoms in total. The first-order valence-electron chi connectivity index (χ1n) is 4.17. The van der Waals surface area contributed by atoms with Gasteiger partial charge in [0.2, 0.25) is 0 Å². The molecular formula is C10H10FO. The van der Waals surface area contributed by atoms with Crippen LogP contribution in [-0.4, -0.2) is 0 Å². The molecule has 1 aromatic rings. The van der Waals surface area contributed by atoms with Crippen molar-refractivity contribution in [2.75, 3.05) is 0 Å². The van der Waals surface area contributed by atoms with Gasteiger partial charge in [-0.25, -0.2) is 9.50 Å². The molecule has 1 saturated carbocycles. The van der Waals surface area contributed by atoms with E-state index in [4.69, 9.17) is 0 Å². The Bertz CT molecular complexity index is 292. The molecule has 63 valence electrons. The molecule has 0 aromatic heterocycles. The summed E-state index contributed by atoms with van der Waals surface area (Å²) >= 11 is 0. The van der Waals surface area contributed by atoms with Gasteiger partial charge in [0.25, 0.3) is 0 Å². The van der Waals surface area contributed by atoms with E-state index in [9.17, 15) is 9.50 Å². The number of hydrogen-bond donors (Lipinski definition) is 0. The SMILES string of the molecule is [O]Cc1ccc(C2CC2)c(F)c1. The standard InChI is InChI=1S/C10H10FO/c11-10-5-7(6-12)1-4-9(10)8-2-3-8/h1,4-5,8H,2-3,6H2. The Morgan fingerprint density at radius 1 is 1.42 bits per heavy atom. The van der Waals surface area contributed by atoms with E-state index in [1.165, 1.54) is 6.07 Å². The van der Waals surface area contributed by atoms with Crippen molar-refractivity contribution in [1.29, 1.82) is 0 Å². The fourth-order valence-electron chi connectivity index (χ4n) is 1.39. The van der Waals surface area contributed by atoms with Crippen LogP contribution in [0.15, 0.2) is 18.2 Å². The molecule has 0 amide bonds. The number of hydrogen-bond acceptors (Lipinski definition) is 0. The highest BCUT2D eigenvalue weighted by Gasteiger charge is 2.26. The lowest BCUT2D eigenvalue weighted by Crippen LogP contribution is -1.90. The lowest BCUT2D eigenvalue weighted by atomic mass is 10.1. The maximum Gasteiger partial charge on any atom is 0.127 e. The van der Waals surface area contributed by atoms with Crippen molar-refractivity contribution >= 4 is 0 Å². The van der Waals surface area contributed by atoms with Gasteiger partial charge in [-0.3, -0.25) is 0 Å². The van der Waals surface area contributed by atoms with Crippen LogP contribution >= 0.6 is 0 Å². The second-order valence-electron chi connectivity index (χ2n) is 3.27. The summed E-state index contributed by atoms with van der Waals surface area (Å²) in [5, 5.41) is 10.4. The van der Waals surface area contributed by atoms with Crippen molar-refractivity contribution in [3.05, 3.63) is 35.1 Å². The molecule has 0 unspecified atom stereocenters. The largest absolute Gasteiger partial charge is 0.232 e. The molecular weight excluding hydrogens is 155 g/mol. The average molecular weight is 165 g/mol. The Hall–Kier alpha value is -0.890. The van der Waals surface area contributed by atoms with Crippen molar-refractivity contribution in [3.8, 4) is 0 Å². The topological polar surface area (TPSA) is 19.9 Å². The van der Waals surface area contributed by atoms with Gasteiger partial charge in [0.1, 0.15) is 12.4 Å². The Morgan fingerprint density at radius 3 is 2.67 bits per heavy atom. The highest BCUT2D eigenvalue weighted by atomic mass is 19.1. The minimum Gasteiger partial charge on any atom is -0.232 e. The van der Waals surface area contributed by atoms with Crippen molar-refractivity contribution in [3.63, 3.8) is 0 Å². The fraction of sp³-hybridized carbons (Fsp3) is 0.400. The third-order valence-corrected chi connectivity index (χ3v) is 2.25. The molecule has 0 aliphatic heterocycles. The Kier molecular flexibility index (Phi) is 1.85. The van der Waals surface area contributed by atoms with E-state index < -0.39 is 0 Å². The van der Waals surface area contributed by atoms with Crippen LogP contribution in [0.2, 0.25) is 0 Å². The first-order valence-corrected chi connectivity index (χ1v) is 4.17. The maximum absolute atomic E-state index is 13.2. The van der Waals surface area contributed by atoms with Crippen LogP contribution in [0.3, 0.4) is 0 Å². The van der Waals surface area contributed by atoms with Crippen LogP contribution in [0.5, 0.6) is 0 Å².